The van der Waals surface area contributed by atoms with Gasteiger partial charge in [0.05, 0.1) is 10.7 Å². The first-order valence-electron chi connectivity index (χ1n) is 7.74. The van der Waals surface area contributed by atoms with Crippen LogP contribution in [-0.2, 0) is 10.0 Å². The van der Waals surface area contributed by atoms with Crippen molar-refractivity contribution in [3.8, 4) is 0 Å². The molecule has 0 aromatic heterocycles. The fourth-order valence-corrected chi connectivity index (χ4v) is 5.02. The summed E-state index contributed by atoms with van der Waals surface area (Å²) in [5, 5.41) is 0.121. The van der Waals surface area contributed by atoms with Gasteiger partial charge in [0, 0.05) is 12.1 Å². The third-order valence-corrected chi connectivity index (χ3v) is 6.70. The van der Waals surface area contributed by atoms with Gasteiger partial charge in [-0.1, -0.05) is 36.7 Å². The van der Waals surface area contributed by atoms with Crippen molar-refractivity contribution in [3.63, 3.8) is 0 Å². The van der Waals surface area contributed by atoms with Gasteiger partial charge in [0.1, 0.15) is 4.90 Å². The Balaban J connectivity index is 2.15. The molecule has 6 heteroatoms. The SMILES string of the molecule is CC(=O)c1ccc(Cl)c(S(=O)(=O)N2CC[C@H](C)c3ccccc32)c1. The normalized spacial score (nSPS) is 17.5. The lowest BCUT2D eigenvalue weighted by molar-refractivity contribution is 0.101. The number of hydrogen-bond donors (Lipinski definition) is 0. The van der Waals surface area contributed by atoms with Gasteiger partial charge in [-0.2, -0.15) is 0 Å². The van der Waals surface area contributed by atoms with Gasteiger partial charge in [0.25, 0.3) is 10.0 Å². The van der Waals surface area contributed by atoms with Crippen molar-refractivity contribution in [2.75, 3.05) is 10.8 Å². The first-order valence-corrected chi connectivity index (χ1v) is 9.56. The van der Waals surface area contributed by atoms with Crippen LogP contribution in [-0.4, -0.2) is 20.7 Å². The van der Waals surface area contributed by atoms with Crippen LogP contribution >= 0.6 is 11.6 Å². The van der Waals surface area contributed by atoms with E-state index in [0.717, 1.165) is 12.0 Å². The first-order chi connectivity index (χ1) is 11.3. The summed E-state index contributed by atoms with van der Waals surface area (Å²) in [6.45, 7) is 3.88. The van der Waals surface area contributed by atoms with E-state index in [4.69, 9.17) is 11.6 Å². The molecule has 1 heterocycles. The predicted molar refractivity (Wildman–Crippen MR) is 95.5 cm³/mol. The highest BCUT2D eigenvalue weighted by Gasteiger charge is 2.33. The van der Waals surface area contributed by atoms with Crippen molar-refractivity contribution in [1.82, 2.24) is 0 Å². The van der Waals surface area contributed by atoms with Crippen molar-refractivity contribution in [1.29, 1.82) is 0 Å². The van der Waals surface area contributed by atoms with E-state index in [-0.39, 0.29) is 15.7 Å². The van der Waals surface area contributed by atoms with Crippen LogP contribution in [0.5, 0.6) is 0 Å². The Morgan fingerprint density at radius 1 is 1.21 bits per heavy atom. The van der Waals surface area contributed by atoms with Crippen LogP contribution < -0.4 is 4.31 Å². The molecule has 0 N–H and O–H groups in total. The van der Waals surface area contributed by atoms with Crippen LogP contribution in [0.3, 0.4) is 0 Å². The average molecular weight is 364 g/mol. The molecule has 0 spiro atoms. The average Bonchev–Trinajstić information content (AvgIpc) is 2.55. The topological polar surface area (TPSA) is 54.5 Å². The Morgan fingerprint density at radius 2 is 1.92 bits per heavy atom. The van der Waals surface area contributed by atoms with Crippen LogP contribution in [0, 0.1) is 0 Å². The van der Waals surface area contributed by atoms with Gasteiger partial charge in [-0.25, -0.2) is 8.42 Å². The van der Waals surface area contributed by atoms with Crippen molar-refractivity contribution in [2.24, 2.45) is 0 Å². The number of carbonyl (C=O) groups excluding carboxylic acids is 1. The zero-order valence-corrected chi connectivity index (χ0v) is 15.1. The van der Waals surface area contributed by atoms with Crippen LogP contribution in [0.1, 0.15) is 42.1 Å². The minimum absolute atomic E-state index is 0.0266. The maximum atomic E-state index is 13.2. The van der Waals surface area contributed by atoms with Crippen molar-refractivity contribution >= 4 is 33.1 Å². The lowest BCUT2D eigenvalue weighted by atomic mass is 9.93. The standard InChI is InChI=1S/C18H18ClNO3S/c1-12-9-10-20(17-6-4-3-5-15(12)17)24(22,23)18-11-14(13(2)21)7-8-16(18)19/h3-8,11-12H,9-10H2,1-2H3/t12-/m0/s1. The monoisotopic (exact) mass is 363 g/mol. The largest absolute Gasteiger partial charge is 0.295 e. The molecule has 2 aromatic rings. The van der Waals surface area contributed by atoms with Crippen molar-refractivity contribution in [3.05, 3.63) is 58.6 Å². The van der Waals surface area contributed by atoms with Crippen molar-refractivity contribution < 1.29 is 13.2 Å². The maximum absolute atomic E-state index is 13.2. The molecule has 3 rings (SSSR count). The number of benzene rings is 2. The number of rotatable bonds is 3. The van der Waals surface area contributed by atoms with Crippen molar-refractivity contribution in [2.45, 2.75) is 31.1 Å². The number of ketones is 1. The second-order valence-electron chi connectivity index (χ2n) is 6.03. The smallest absolute Gasteiger partial charge is 0.265 e. The van der Waals surface area contributed by atoms with Crippen LogP contribution in [0.4, 0.5) is 5.69 Å². The summed E-state index contributed by atoms with van der Waals surface area (Å²) >= 11 is 6.14. The first kappa shape index (κ1) is 17.0. The second kappa shape index (κ2) is 6.22. The molecule has 0 bridgehead atoms. The molecular weight excluding hydrogens is 346 g/mol. The van der Waals surface area contributed by atoms with E-state index in [1.165, 1.54) is 29.4 Å². The van der Waals surface area contributed by atoms with Gasteiger partial charge in [0.15, 0.2) is 5.78 Å². The number of anilines is 1. The lowest BCUT2D eigenvalue weighted by Gasteiger charge is -2.33. The summed E-state index contributed by atoms with van der Waals surface area (Å²) in [6.07, 6.45) is 0.736. The van der Waals surface area contributed by atoms with Gasteiger partial charge in [-0.05, 0) is 49.1 Å². The molecule has 1 aliphatic heterocycles. The predicted octanol–water partition coefficient (Wildman–Crippen LogP) is 4.25. The molecule has 0 fully saturated rings. The highest BCUT2D eigenvalue weighted by atomic mass is 35.5. The number of fused-ring (bicyclic) bond motifs is 1. The van der Waals surface area contributed by atoms with Gasteiger partial charge in [0.2, 0.25) is 0 Å². The molecule has 0 amide bonds. The second-order valence-corrected chi connectivity index (χ2v) is 8.27. The maximum Gasteiger partial charge on any atom is 0.265 e. The molecule has 24 heavy (non-hydrogen) atoms. The van der Waals surface area contributed by atoms with Gasteiger partial charge in [-0.3, -0.25) is 9.10 Å². The molecule has 0 saturated heterocycles. The molecule has 1 atom stereocenters. The van der Waals surface area contributed by atoms with Crippen LogP contribution in [0.15, 0.2) is 47.4 Å². The molecule has 0 radical (unpaired) electrons. The van der Waals surface area contributed by atoms with Gasteiger partial charge >= 0.3 is 0 Å². The Labute approximate surface area is 147 Å². The quantitative estimate of drug-likeness (QED) is 0.766. The summed E-state index contributed by atoms with van der Waals surface area (Å²) in [7, 11) is -3.84. The van der Waals surface area contributed by atoms with E-state index >= 15 is 0 Å². The number of sulfonamides is 1. The molecule has 0 saturated carbocycles. The van der Waals surface area contributed by atoms with Crippen LogP contribution in [0.25, 0.3) is 0 Å². The van der Waals surface area contributed by atoms with E-state index in [9.17, 15) is 13.2 Å². The zero-order chi connectivity index (χ0) is 17.5. The number of carbonyl (C=O) groups is 1. The Bertz CT molecular complexity index is 908. The highest BCUT2D eigenvalue weighted by Crippen LogP contribution is 2.39. The minimum Gasteiger partial charge on any atom is -0.295 e. The highest BCUT2D eigenvalue weighted by molar-refractivity contribution is 7.93. The van der Waals surface area contributed by atoms with E-state index in [1.54, 1.807) is 0 Å². The zero-order valence-electron chi connectivity index (χ0n) is 13.5. The Morgan fingerprint density at radius 3 is 2.62 bits per heavy atom. The molecule has 1 aliphatic rings. The summed E-state index contributed by atoms with van der Waals surface area (Å²) < 4.78 is 27.8. The fourth-order valence-electron chi connectivity index (χ4n) is 3.01. The lowest BCUT2D eigenvalue weighted by Crippen LogP contribution is -2.36. The molecule has 4 nitrogen and oxygen atoms in total. The number of Topliss-reactive ketones (excluding diaryl/α,β-unsaturated/α-hetero) is 1. The number of hydrogen-bond acceptors (Lipinski definition) is 3. The van der Waals surface area contributed by atoms with E-state index in [1.807, 2.05) is 24.3 Å². The van der Waals surface area contributed by atoms with E-state index in [0.29, 0.717) is 23.7 Å². The molecule has 0 aliphatic carbocycles. The number of halogens is 1. The molecule has 0 unspecified atom stereocenters. The van der Waals surface area contributed by atoms with Gasteiger partial charge in [-0.15, -0.1) is 0 Å². The Kier molecular flexibility index (Phi) is 4.40. The summed E-state index contributed by atoms with van der Waals surface area (Å²) in [4.78, 5) is 11.6. The third-order valence-electron chi connectivity index (χ3n) is 4.41. The third kappa shape index (κ3) is 2.82. The van der Waals surface area contributed by atoms with Crippen LogP contribution in [0.2, 0.25) is 5.02 Å². The number of para-hydroxylation sites is 1. The van der Waals surface area contributed by atoms with E-state index in [2.05, 4.69) is 6.92 Å². The fraction of sp³-hybridized carbons (Fsp3) is 0.278. The summed E-state index contributed by atoms with van der Waals surface area (Å²) in [6, 6.07) is 11.9. The Hall–Kier alpha value is -1.85. The minimum atomic E-state index is -3.84. The van der Waals surface area contributed by atoms with E-state index < -0.39 is 10.0 Å². The molecule has 2 aromatic carbocycles. The molecular formula is C18H18ClNO3S. The summed E-state index contributed by atoms with van der Waals surface area (Å²) in [5.74, 6) is 0.0995. The molecule has 126 valence electrons. The number of nitrogens with zero attached hydrogens (tertiary/aromatic N) is 1. The van der Waals surface area contributed by atoms with Gasteiger partial charge < -0.3 is 0 Å². The summed E-state index contributed by atoms with van der Waals surface area (Å²) in [5.41, 5.74) is 2.02.